The molecule has 5 N–H and O–H groups in total. The predicted octanol–water partition coefficient (Wildman–Crippen LogP) is 1.76. The lowest BCUT2D eigenvalue weighted by atomic mass is 10.2. The number of halogens is 1. The van der Waals surface area contributed by atoms with E-state index in [0.717, 1.165) is 0 Å². The highest BCUT2D eigenvalue weighted by Crippen LogP contribution is 2.23. The molecule has 1 amide bonds. The number of aromatic hydroxyl groups is 1. The first kappa shape index (κ1) is 13.5. The second-order valence-corrected chi connectivity index (χ2v) is 4.99. The average molecular weight is 341 g/mol. The van der Waals surface area contributed by atoms with E-state index in [-0.39, 0.29) is 22.1 Å². The number of nitrogens with one attached hydrogen (secondary N) is 2. The molecule has 6 nitrogen and oxygen atoms in total. The highest BCUT2D eigenvalue weighted by Gasteiger charge is 2.15. The van der Waals surface area contributed by atoms with Crippen LogP contribution in [0.25, 0.3) is 0 Å². The number of H-pyrrole nitrogens is 1. The van der Waals surface area contributed by atoms with Crippen LogP contribution in [0.2, 0.25) is 0 Å². The minimum Gasteiger partial charge on any atom is -0.507 e. The number of phenolic OH excluding ortho intramolecular Hbond substituents is 1. The number of aromatic nitrogens is 2. The maximum atomic E-state index is 12.0. The summed E-state index contributed by atoms with van der Waals surface area (Å²) in [6.45, 7) is 0. The predicted molar refractivity (Wildman–Crippen MR) is 78.2 cm³/mol. The van der Waals surface area contributed by atoms with Crippen molar-refractivity contribution in [1.29, 1.82) is 0 Å². The topological polar surface area (TPSA) is 104 Å². The van der Waals surface area contributed by atoms with Gasteiger partial charge in [-0.15, -0.1) is 0 Å². The molecule has 1 heterocycles. The Morgan fingerprint density at radius 1 is 1.47 bits per heavy atom. The first-order chi connectivity index (χ1) is 8.99. The van der Waals surface area contributed by atoms with Crippen LogP contribution >= 0.6 is 28.1 Å². The Kier molecular flexibility index (Phi) is 3.82. The molecule has 0 aliphatic carbocycles. The number of carbonyl (C=O) groups is 1. The van der Waals surface area contributed by atoms with Gasteiger partial charge in [0.2, 0.25) is 0 Å². The van der Waals surface area contributed by atoms with Gasteiger partial charge in [-0.25, -0.2) is 0 Å². The van der Waals surface area contributed by atoms with Crippen molar-refractivity contribution in [2.45, 2.75) is 0 Å². The first-order valence-electron chi connectivity index (χ1n) is 5.12. The van der Waals surface area contributed by atoms with E-state index in [1.165, 1.54) is 18.3 Å². The molecule has 0 radical (unpaired) electrons. The number of anilines is 1. The molecule has 0 atom stereocenters. The molecule has 0 bridgehead atoms. The van der Waals surface area contributed by atoms with Gasteiger partial charge in [0.05, 0.1) is 17.3 Å². The molecule has 0 saturated carbocycles. The van der Waals surface area contributed by atoms with Crippen LogP contribution < -0.4 is 11.1 Å². The molecule has 0 aliphatic rings. The fourth-order valence-electron chi connectivity index (χ4n) is 1.44. The second-order valence-electron chi connectivity index (χ2n) is 3.64. The number of carbonyl (C=O) groups excluding carboxylic acids is 1. The van der Waals surface area contributed by atoms with Gasteiger partial charge in [-0.1, -0.05) is 28.1 Å². The third-order valence-corrected chi connectivity index (χ3v) is 3.06. The summed E-state index contributed by atoms with van der Waals surface area (Å²) >= 11 is 8.06. The molecule has 8 heteroatoms. The van der Waals surface area contributed by atoms with E-state index in [9.17, 15) is 9.90 Å². The lowest BCUT2D eigenvalue weighted by molar-refractivity contribution is 0.102. The summed E-state index contributed by atoms with van der Waals surface area (Å²) < 4.78 is 0.676. The number of rotatable bonds is 3. The lowest BCUT2D eigenvalue weighted by Gasteiger charge is -2.07. The maximum absolute atomic E-state index is 12.0. The highest BCUT2D eigenvalue weighted by molar-refractivity contribution is 9.10. The second kappa shape index (κ2) is 5.37. The number of amides is 1. The number of nitrogens with zero attached hydrogens (tertiary/aromatic N) is 1. The molecule has 19 heavy (non-hydrogen) atoms. The van der Waals surface area contributed by atoms with Crippen LogP contribution in [0.4, 0.5) is 5.82 Å². The average Bonchev–Trinajstić information content (AvgIpc) is 2.80. The van der Waals surface area contributed by atoms with E-state index < -0.39 is 5.91 Å². The van der Waals surface area contributed by atoms with Crippen molar-refractivity contribution in [3.05, 3.63) is 40.0 Å². The van der Waals surface area contributed by atoms with Crippen LogP contribution in [-0.2, 0) is 0 Å². The van der Waals surface area contributed by atoms with Gasteiger partial charge in [0.15, 0.2) is 0 Å². The standard InChI is InChI=1S/C11H9BrN4O2S/c12-5-1-2-8(17)6(3-5)11(18)15-10-7(9(13)19)4-14-16-10/h1-4,17H,(H2,13,19)(H2,14,15,16,18). The number of thiocarbonyl (C=S) groups is 1. The first-order valence-corrected chi connectivity index (χ1v) is 6.32. The fourth-order valence-corrected chi connectivity index (χ4v) is 1.96. The summed E-state index contributed by atoms with van der Waals surface area (Å²) in [5, 5.41) is 18.5. The van der Waals surface area contributed by atoms with Gasteiger partial charge in [-0.2, -0.15) is 5.10 Å². The minimum atomic E-state index is -0.499. The number of hydrogen-bond acceptors (Lipinski definition) is 4. The van der Waals surface area contributed by atoms with E-state index in [1.807, 2.05) is 0 Å². The number of aromatic amines is 1. The number of hydrogen-bond donors (Lipinski definition) is 4. The Labute approximate surface area is 122 Å². The third-order valence-electron chi connectivity index (χ3n) is 2.35. The van der Waals surface area contributed by atoms with Gasteiger partial charge < -0.3 is 16.2 Å². The van der Waals surface area contributed by atoms with Crippen LogP contribution in [0.1, 0.15) is 15.9 Å². The van der Waals surface area contributed by atoms with Crippen molar-refractivity contribution in [2.75, 3.05) is 5.32 Å². The number of phenols is 1. The molecule has 98 valence electrons. The molecule has 0 aliphatic heterocycles. The van der Waals surface area contributed by atoms with E-state index in [2.05, 4.69) is 31.4 Å². The molecule has 0 spiro atoms. The number of benzene rings is 1. The minimum absolute atomic E-state index is 0.113. The lowest BCUT2D eigenvalue weighted by Crippen LogP contribution is -2.17. The summed E-state index contributed by atoms with van der Waals surface area (Å²) in [6.07, 6.45) is 1.42. The van der Waals surface area contributed by atoms with Crippen molar-refractivity contribution >= 4 is 44.9 Å². The van der Waals surface area contributed by atoms with Gasteiger partial charge in [-0.05, 0) is 18.2 Å². The molecule has 0 unspecified atom stereocenters. The van der Waals surface area contributed by atoms with E-state index >= 15 is 0 Å². The summed E-state index contributed by atoms with van der Waals surface area (Å²) in [7, 11) is 0. The highest BCUT2D eigenvalue weighted by atomic mass is 79.9. The SMILES string of the molecule is NC(=S)c1cn[nH]c1NC(=O)c1cc(Br)ccc1O. The summed E-state index contributed by atoms with van der Waals surface area (Å²) in [5.41, 5.74) is 6.04. The van der Waals surface area contributed by atoms with E-state index in [1.54, 1.807) is 6.07 Å². The third kappa shape index (κ3) is 2.91. The van der Waals surface area contributed by atoms with Crippen LogP contribution in [0.3, 0.4) is 0 Å². The zero-order chi connectivity index (χ0) is 14.0. The van der Waals surface area contributed by atoms with Crippen LogP contribution in [-0.4, -0.2) is 26.2 Å². The Balaban J connectivity index is 2.28. The Morgan fingerprint density at radius 3 is 2.89 bits per heavy atom. The summed E-state index contributed by atoms with van der Waals surface area (Å²) in [5.74, 6) is -0.338. The van der Waals surface area contributed by atoms with Gasteiger partial charge in [0.1, 0.15) is 16.6 Å². The zero-order valence-electron chi connectivity index (χ0n) is 9.48. The normalized spacial score (nSPS) is 10.2. The monoisotopic (exact) mass is 340 g/mol. The maximum Gasteiger partial charge on any atom is 0.260 e. The van der Waals surface area contributed by atoms with Crippen molar-refractivity contribution in [3.63, 3.8) is 0 Å². The van der Waals surface area contributed by atoms with Crippen LogP contribution in [0.15, 0.2) is 28.9 Å². The molecule has 1 aromatic heterocycles. The smallest absolute Gasteiger partial charge is 0.260 e. The van der Waals surface area contributed by atoms with Crippen LogP contribution in [0.5, 0.6) is 5.75 Å². The molecular weight excluding hydrogens is 332 g/mol. The fraction of sp³-hybridized carbons (Fsp3) is 0. The van der Waals surface area contributed by atoms with Crippen molar-refractivity contribution in [2.24, 2.45) is 5.73 Å². The summed E-state index contributed by atoms with van der Waals surface area (Å²) in [6, 6.07) is 4.55. The van der Waals surface area contributed by atoms with Gasteiger partial charge in [-0.3, -0.25) is 9.89 Å². The Bertz CT molecular complexity index is 656. The van der Waals surface area contributed by atoms with Crippen molar-refractivity contribution in [3.8, 4) is 5.75 Å². The van der Waals surface area contributed by atoms with Crippen molar-refractivity contribution < 1.29 is 9.90 Å². The van der Waals surface area contributed by atoms with E-state index in [4.69, 9.17) is 18.0 Å². The quantitative estimate of drug-likeness (QED) is 0.637. The molecule has 1 aromatic carbocycles. The Hall–Kier alpha value is -1.93. The molecular formula is C11H9BrN4O2S. The van der Waals surface area contributed by atoms with Gasteiger partial charge >= 0.3 is 0 Å². The van der Waals surface area contributed by atoms with E-state index in [0.29, 0.717) is 10.0 Å². The number of nitrogens with two attached hydrogens (primary N) is 1. The van der Waals surface area contributed by atoms with Crippen LogP contribution in [0, 0.1) is 0 Å². The molecule has 2 rings (SSSR count). The largest absolute Gasteiger partial charge is 0.507 e. The van der Waals surface area contributed by atoms with Gasteiger partial charge in [0, 0.05) is 4.47 Å². The van der Waals surface area contributed by atoms with Gasteiger partial charge in [0.25, 0.3) is 5.91 Å². The molecule has 0 saturated heterocycles. The zero-order valence-corrected chi connectivity index (χ0v) is 11.9. The molecule has 2 aromatic rings. The molecule has 0 fully saturated rings. The summed E-state index contributed by atoms with van der Waals surface area (Å²) in [4.78, 5) is 12.1. The Morgan fingerprint density at radius 2 is 2.21 bits per heavy atom. The van der Waals surface area contributed by atoms with Crippen molar-refractivity contribution in [1.82, 2.24) is 10.2 Å².